The van der Waals surface area contributed by atoms with E-state index in [4.69, 9.17) is 9.47 Å². The van der Waals surface area contributed by atoms with Gasteiger partial charge in [0.1, 0.15) is 6.61 Å². The number of carbonyl (C=O) groups excluding carboxylic acids is 1. The van der Waals surface area contributed by atoms with Gasteiger partial charge in [-0.2, -0.15) is 0 Å². The number of sulfonamides is 1. The van der Waals surface area contributed by atoms with E-state index in [2.05, 4.69) is 25.0 Å². The monoisotopic (exact) mass is 471 g/mol. The predicted molar refractivity (Wildman–Crippen MR) is 123 cm³/mol. The van der Waals surface area contributed by atoms with Gasteiger partial charge < -0.3 is 14.8 Å². The number of pyridine rings is 1. The van der Waals surface area contributed by atoms with Crippen molar-refractivity contribution in [2.24, 2.45) is 0 Å². The summed E-state index contributed by atoms with van der Waals surface area (Å²) in [6, 6.07) is 10.5. The lowest BCUT2D eigenvalue weighted by atomic mass is 10.2. The highest BCUT2D eigenvalue weighted by atomic mass is 32.2. The molecule has 33 heavy (non-hydrogen) atoms. The van der Waals surface area contributed by atoms with Crippen LogP contribution in [0.3, 0.4) is 0 Å². The first-order valence-electron chi connectivity index (χ1n) is 10.1. The van der Waals surface area contributed by atoms with Gasteiger partial charge in [0, 0.05) is 30.3 Å². The van der Waals surface area contributed by atoms with Crippen molar-refractivity contribution in [2.45, 2.75) is 31.3 Å². The van der Waals surface area contributed by atoms with Gasteiger partial charge >= 0.3 is 0 Å². The third-order valence-electron chi connectivity index (χ3n) is 4.08. The normalized spacial score (nSPS) is 11.6. The summed E-state index contributed by atoms with van der Waals surface area (Å²) in [5.41, 5.74) is 0.510. The number of amides is 1. The van der Waals surface area contributed by atoms with Gasteiger partial charge in [-0.25, -0.2) is 28.1 Å². The second-order valence-electron chi connectivity index (χ2n) is 7.85. The molecular formula is C22H25N5O5S. The van der Waals surface area contributed by atoms with Crippen LogP contribution in [0.25, 0.3) is 0 Å². The number of ether oxygens (including phenoxy) is 2. The summed E-state index contributed by atoms with van der Waals surface area (Å²) < 4.78 is 38.2. The van der Waals surface area contributed by atoms with Crippen LogP contribution in [0.1, 0.15) is 31.1 Å². The zero-order valence-electron chi connectivity index (χ0n) is 18.5. The van der Waals surface area contributed by atoms with E-state index in [9.17, 15) is 13.2 Å². The lowest BCUT2D eigenvalue weighted by Crippen LogP contribution is -2.22. The Bertz CT molecular complexity index is 1160. The van der Waals surface area contributed by atoms with Crippen molar-refractivity contribution in [1.29, 1.82) is 0 Å². The molecule has 2 N–H and O–H groups in total. The molecule has 0 aliphatic carbocycles. The molecule has 1 amide bonds. The molecule has 2 aromatic heterocycles. The Kier molecular flexibility index (Phi) is 7.56. The van der Waals surface area contributed by atoms with Crippen molar-refractivity contribution >= 4 is 27.6 Å². The minimum atomic E-state index is -3.85. The topological polar surface area (TPSA) is 132 Å². The molecule has 0 unspecified atom stereocenters. The Morgan fingerprint density at radius 2 is 1.67 bits per heavy atom. The molecule has 0 radical (unpaired) electrons. The Labute approximate surface area is 192 Å². The molecule has 0 saturated heterocycles. The average Bonchev–Trinajstić information content (AvgIpc) is 2.77. The SMILES string of the molecule is CC(C)(C)OCCOc1ccc(C(=O)Nc2ccc(S(=O)(=O)Nc3ncccn3)cc2)cn1. The van der Waals surface area contributed by atoms with Crippen LogP contribution in [-0.2, 0) is 14.8 Å². The summed E-state index contributed by atoms with van der Waals surface area (Å²) in [5, 5.41) is 2.70. The smallest absolute Gasteiger partial charge is 0.264 e. The van der Waals surface area contributed by atoms with E-state index in [-0.39, 0.29) is 16.4 Å². The minimum Gasteiger partial charge on any atom is -0.475 e. The number of nitrogens with one attached hydrogen (secondary N) is 2. The van der Waals surface area contributed by atoms with E-state index < -0.39 is 15.9 Å². The van der Waals surface area contributed by atoms with Crippen molar-refractivity contribution in [3.05, 3.63) is 66.6 Å². The number of benzene rings is 1. The summed E-state index contributed by atoms with van der Waals surface area (Å²) in [5.74, 6) is -0.0402. The predicted octanol–water partition coefficient (Wildman–Crippen LogP) is 3.12. The molecule has 0 atom stereocenters. The van der Waals surface area contributed by atoms with Crippen LogP contribution in [0.4, 0.5) is 11.6 Å². The van der Waals surface area contributed by atoms with Crippen molar-refractivity contribution in [3.8, 4) is 5.88 Å². The summed E-state index contributed by atoms with van der Waals surface area (Å²) >= 11 is 0. The first kappa shape index (κ1) is 24.1. The molecule has 174 valence electrons. The molecule has 11 heteroatoms. The van der Waals surface area contributed by atoms with Crippen molar-refractivity contribution in [1.82, 2.24) is 15.0 Å². The Morgan fingerprint density at radius 1 is 0.970 bits per heavy atom. The number of anilines is 2. The van der Waals surface area contributed by atoms with Crippen LogP contribution in [-0.4, -0.2) is 48.1 Å². The minimum absolute atomic E-state index is 0.00607. The van der Waals surface area contributed by atoms with Crippen molar-refractivity contribution in [2.75, 3.05) is 23.3 Å². The van der Waals surface area contributed by atoms with E-state index in [0.29, 0.717) is 30.3 Å². The highest BCUT2D eigenvalue weighted by Crippen LogP contribution is 2.17. The molecule has 0 bridgehead atoms. The fourth-order valence-corrected chi connectivity index (χ4v) is 3.50. The number of hydrogen-bond donors (Lipinski definition) is 2. The zero-order chi connectivity index (χ0) is 23.9. The molecule has 1 aromatic carbocycles. The number of rotatable bonds is 9. The van der Waals surface area contributed by atoms with E-state index in [1.807, 2.05) is 20.8 Å². The lowest BCUT2D eigenvalue weighted by molar-refractivity contribution is -0.0168. The van der Waals surface area contributed by atoms with Gasteiger partial charge in [-0.15, -0.1) is 0 Å². The fraction of sp³-hybridized carbons (Fsp3) is 0.273. The second kappa shape index (κ2) is 10.4. The van der Waals surface area contributed by atoms with Crippen LogP contribution < -0.4 is 14.8 Å². The highest BCUT2D eigenvalue weighted by Gasteiger charge is 2.16. The maximum atomic E-state index is 12.5. The van der Waals surface area contributed by atoms with Gasteiger partial charge in [0.05, 0.1) is 22.7 Å². The molecule has 3 rings (SSSR count). The van der Waals surface area contributed by atoms with Gasteiger partial charge in [-0.1, -0.05) is 0 Å². The van der Waals surface area contributed by atoms with Crippen LogP contribution in [0.5, 0.6) is 5.88 Å². The second-order valence-corrected chi connectivity index (χ2v) is 9.53. The summed E-state index contributed by atoms with van der Waals surface area (Å²) in [4.78, 5) is 24.3. The number of nitrogens with zero attached hydrogens (tertiary/aromatic N) is 3. The van der Waals surface area contributed by atoms with Crippen LogP contribution in [0.15, 0.2) is 66.0 Å². The Morgan fingerprint density at radius 3 is 2.27 bits per heavy atom. The summed E-state index contributed by atoms with van der Waals surface area (Å²) in [6.07, 6.45) is 4.26. The molecule has 3 aromatic rings. The van der Waals surface area contributed by atoms with Gasteiger partial charge in [0.2, 0.25) is 11.8 Å². The maximum absolute atomic E-state index is 12.5. The quantitative estimate of drug-likeness (QED) is 0.455. The highest BCUT2D eigenvalue weighted by molar-refractivity contribution is 7.92. The van der Waals surface area contributed by atoms with E-state index in [1.165, 1.54) is 42.9 Å². The van der Waals surface area contributed by atoms with Gasteiger partial charge in [-0.3, -0.25) is 4.79 Å². The van der Waals surface area contributed by atoms with Crippen molar-refractivity contribution in [3.63, 3.8) is 0 Å². The van der Waals surface area contributed by atoms with Crippen LogP contribution in [0, 0.1) is 0 Å². The van der Waals surface area contributed by atoms with Gasteiger partial charge in [-0.05, 0) is 57.2 Å². The number of aromatic nitrogens is 3. The van der Waals surface area contributed by atoms with E-state index in [0.717, 1.165) is 0 Å². The third-order valence-corrected chi connectivity index (χ3v) is 5.42. The third kappa shape index (κ3) is 7.51. The largest absolute Gasteiger partial charge is 0.475 e. The molecule has 10 nitrogen and oxygen atoms in total. The molecule has 0 aliphatic rings. The molecule has 0 spiro atoms. The first-order chi connectivity index (χ1) is 15.6. The standard InChI is InChI=1S/C22H25N5O5S/c1-22(2,3)32-14-13-31-19-10-5-16(15-25-19)20(28)26-17-6-8-18(9-7-17)33(29,30)27-21-23-11-4-12-24-21/h4-12,15H,13-14H2,1-3H3,(H,26,28)(H,23,24,27). The summed E-state index contributed by atoms with van der Waals surface area (Å²) in [7, 11) is -3.85. The molecule has 0 aliphatic heterocycles. The zero-order valence-corrected chi connectivity index (χ0v) is 19.3. The van der Waals surface area contributed by atoms with Crippen LogP contribution in [0.2, 0.25) is 0 Å². The lowest BCUT2D eigenvalue weighted by Gasteiger charge is -2.19. The molecule has 2 heterocycles. The van der Waals surface area contributed by atoms with E-state index >= 15 is 0 Å². The molecular weight excluding hydrogens is 446 g/mol. The first-order valence-corrected chi connectivity index (χ1v) is 11.5. The van der Waals surface area contributed by atoms with Crippen LogP contribution >= 0.6 is 0 Å². The average molecular weight is 472 g/mol. The number of carbonyl (C=O) groups is 1. The maximum Gasteiger partial charge on any atom is 0.264 e. The van der Waals surface area contributed by atoms with Gasteiger partial charge in [0.15, 0.2) is 0 Å². The molecule has 0 saturated carbocycles. The number of hydrogen-bond acceptors (Lipinski definition) is 8. The summed E-state index contributed by atoms with van der Waals surface area (Å²) in [6.45, 7) is 6.65. The van der Waals surface area contributed by atoms with Crippen molar-refractivity contribution < 1.29 is 22.7 Å². The molecule has 0 fully saturated rings. The van der Waals surface area contributed by atoms with E-state index in [1.54, 1.807) is 18.2 Å². The fourth-order valence-electron chi connectivity index (χ4n) is 2.55. The van der Waals surface area contributed by atoms with Gasteiger partial charge in [0.25, 0.3) is 15.9 Å². The Hall–Kier alpha value is -3.57. The Balaban J connectivity index is 1.55.